The minimum absolute atomic E-state index is 0.0247. The summed E-state index contributed by atoms with van der Waals surface area (Å²) in [6, 6.07) is 7.84. The molecule has 104 valence electrons. The normalized spacial score (nSPS) is 21.0. The zero-order valence-corrected chi connectivity index (χ0v) is 11.6. The monoisotopic (exact) mass is 262 g/mol. The summed E-state index contributed by atoms with van der Waals surface area (Å²) in [6.07, 6.45) is 1.51. The maximum atomic E-state index is 12.3. The number of hydrogen-bond acceptors (Lipinski definition) is 3. The zero-order valence-electron chi connectivity index (χ0n) is 11.6. The van der Waals surface area contributed by atoms with Gasteiger partial charge in [0.2, 0.25) is 0 Å². The Hall–Kier alpha value is -1.55. The van der Waals surface area contributed by atoms with E-state index in [1.807, 2.05) is 36.1 Å². The molecule has 4 heteroatoms. The third-order valence-electron chi connectivity index (χ3n) is 3.42. The molecule has 0 radical (unpaired) electrons. The van der Waals surface area contributed by atoms with Crippen molar-refractivity contribution >= 4 is 5.91 Å². The molecule has 1 aromatic carbocycles. The number of nitrogens with two attached hydrogens (primary N) is 1. The summed E-state index contributed by atoms with van der Waals surface area (Å²) in [5.41, 5.74) is 7.02. The molecular weight excluding hydrogens is 240 g/mol. The highest BCUT2D eigenvalue weighted by atomic mass is 16.5. The summed E-state index contributed by atoms with van der Waals surface area (Å²) in [6.45, 7) is 5.22. The highest BCUT2D eigenvalue weighted by Gasteiger charge is 2.26. The predicted octanol–water partition coefficient (Wildman–Crippen LogP) is 1.71. The van der Waals surface area contributed by atoms with Crippen molar-refractivity contribution in [3.05, 3.63) is 29.8 Å². The van der Waals surface area contributed by atoms with Gasteiger partial charge in [0, 0.05) is 19.1 Å². The number of hydrogen-bond donors (Lipinski definition) is 1. The van der Waals surface area contributed by atoms with E-state index in [4.69, 9.17) is 10.5 Å². The van der Waals surface area contributed by atoms with E-state index in [9.17, 15) is 4.79 Å². The first-order valence-electron chi connectivity index (χ1n) is 6.84. The summed E-state index contributed by atoms with van der Waals surface area (Å²) >= 11 is 0. The van der Waals surface area contributed by atoms with Gasteiger partial charge in [0.15, 0.2) is 6.10 Å². The van der Waals surface area contributed by atoms with Crippen LogP contribution in [-0.2, 0) is 4.79 Å². The van der Waals surface area contributed by atoms with Crippen LogP contribution in [0.3, 0.4) is 0 Å². The van der Waals surface area contributed by atoms with E-state index in [-0.39, 0.29) is 11.9 Å². The summed E-state index contributed by atoms with van der Waals surface area (Å²) in [5, 5.41) is 0. The number of amides is 1. The fourth-order valence-electron chi connectivity index (χ4n) is 2.41. The third kappa shape index (κ3) is 3.70. The van der Waals surface area contributed by atoms with Gasteiger partial charge in [0.1, 0.15) is 5.75 Å². The average molecular weight is 262 g/mol. The van der Waals surface area contributed by atoms with Crippen molar-refractivity contribution in [2.75, 3.05) is 13.1 Å². The van der Waals surface area contributed by atoms with Gasteiger partial charge >= 0.3 is 0 Å². The number of carbonyl (C=O) groups is 1. The topological polar surface area (TPSA) is 55.6 Å². The summed E-state index contributed by atoms with van der Waals surface area (Å²) < 4.78 is 5.71. The van der Waals surface area contributed by atoms with Crippen molar-refractivity contribution < 1.29 is 9.53 Å². The Balaban J connectivity index is 1.95. The van der Waals surface area contributed by atoms with Gasteiger partial charge in [-0.25, -0.2) is 0 Å². The van der Waals surface area contributed by atoms with Crippen molar-refractivity contribution in [2.24, 2.45) is 5.73 Å². The summed E-state index contributed by atoms with van der Waals surface area (Å²) in [4.78, 5) is 14.1. The molecule has 2 N–H and O–H groups in total. The molecule has 1 aromatic rings. The highest BCUT2D eigenvalue weighted by Crippen LogP contribution is 2.16. The first kappa shape index (κ1) is 13.9. The molecule has 0 spiro atoms. The van der Waals surface area contributed by atoms with Gasteiger partial charge in [-0.3, -0.25) is 4.79 Å². The van der Waals surface area contributed by atoms with Crippen molar-refractivity contribution in [3.63, 3.8) is 0 Å². The lowest BCUT2D eigenvalue weighted by atomic mass is 10.1. The van der Waals surface area contributed by atoms with Crippen LogP contribution in [0.25, 0.3) is 0 Å². The lowest BCUT2D eigenvalue weighted by Gasteiger charge is -2.32. The molecule has 2 rings (SSSR count). The average Bonchev–Trinajstić information content (AvgIpc) is 2.38. The van der Waals surface area contributed by atoms with Crippen LogP contribution in [0.2, 0.25) is 0 Å². The number of aryl methyl sites for hydroxylation is 1. The molecule has 2 atom stereocenters. The maximum Gasteiger partial charge on any atom is 0.263 e. The lowest BCUT2D eigenvalue weighted by Crippen LogP contribution is -2.49. The van der Waals surface area contributed by atoms with Gasteiger partial charge in [-0.1, -0.05) is 12.1 Å². The third-order valence-corrected chi connectivity index (χ3v) is 3.42. The molecule has 1 heterocycles. The van der Waals surface area contributed by atoms with Crippen molar-refractivity contribution in [2.45, 2.75) is 38.8 Å². The Labute approximate surface area is 114 Å². The molecule has 4 nitrogen and oxygen atoms in total. The van der Waals surface area contributed by atoms with Crippen LogP contribution in [0.4, 0.5) is 0 Å². The number of benzene rings is 1. The van der Waals surface area contributed by atoms with Gasteiger partial charge in [-0.05, 0) is 44.4 Å². The SMILES string of the molecule is Cc1cccc(O[C@@H](C)C(=O)N2CCC[C@@H](N)C2)c1. The number of rotatable bonds is 3. The number of carbonyl (C=O) groups excluding carboxylic acids is 1. The molecular formula is C15H22N2O2. The predicted molar refractivity (Wildman–Crippen MR) is 75.1 cm³/mol. The Morgan fingerprint density at radius 1 is 1.53 bits per heavy atom. The van der Waals surface area contributed by atoms with Crippen molar-refractivity contribution in [1.82, 2.24) is 4.90 Å². The Morgan fingerprint density at radius 3 is 3.00 bits per heavy atom. The zero-order chi connectivity index (χ0) is 13.8. The second-order valence-corrected chi connectivity index (χ2v) is 5.26. The molecule has 1 amide bonds. The highest BCUT2D eigenvalue weighted by molar-refractivity contribution is 5.81. The largest absolute Gasteiger partial charge is 0.481 e. The van der Waals surface area contributed by atoms with E-state index < -0.39 is 6.10 Å². The number of likely N-dealkylation sites (tertiary alicyclic amines) is 1. The smallest absolute Gasteiger partial charge is 0.263 e. The van der Waals surface area contributed by atoms with E-state index in [0.29, 0.717) is 6.54 Å². The van der Waals surface area contributed by atoms with Crippen LogP contribution in [0.1, 0.15) is 25.3 Å². The van der Waals surface area contributed by atoms with Gasteiger partial charge in [-0.2, -0.15) is 0 Å². The van der Waals surface area contributed by atoms with Crippen LogP contribution < -0.4 is 10.5 Å². The second-order valence-electron chi connectivity index (χ2n) is 5.26. The molecule has 0 unspecified atom stereocenters. The van der Waals surface area contributed by atoms with E-state index >= 15 is 0 Å². The fraction of sp³-hybridized carbons (Fsp3) is 0.533. The number of nitrogens with zero attached hydrogens (tertiary/aromatic N) is 1. The Kier molecular flexibility index (Phi) is 4.43. The standard InChI is InChI=1S/C15H22N2O2/c1-11-5-3-7-14(9-11)19-12(2)15(18)17-8-4-6-13(16)10-17/h3,5,7,9,12-13H,4,6,8,10,16H2,1-2H3/t12-,13+/m0/s1. The van der Waals surface area contributed by atoms with Crippen LogP contribution >= 0.6 is 0 Å². The van der Waals surface area contributed by atoms with Crippen molar-refractivity contribution in [3.8, 4) is 5.75 Å². The van der Waals surface area contributed by atoms with Gasteiger partial charge in [0.25, 0.3) is 5.91 Å². The van der Waals surface area contributed by atoms with Gasteiger partial charge in [-0.15, -0.1) is 0 Å². The Morgan fingerprint density at radius 2 is 2.32 bits per heavy atom. The van der Waals surface area contributed by atoms with E-state index in [1.165, 1.54) is 0 Å². The fourth-order valence-corrected chi connectivity index (χ4v) is 2.41. The number of piperidine rings is 1. The minimum Gasteiger partial charge on any atom is -0.481 e. The van der Waals surface area contributed by atoms with E-state index in [2.05, 4.69) is 0 Å². The summed E-state index contributed by atoms with van der Waals surface area (Å²) in [5.74, 6) is 0.763. The molecule has 1 fully saturated rings. The van der Waals surface area contributed by atoms with Crippen LogP contribution in [0.5, 0.6) is 5.75 Å². The minimum atomic E-state index is -0.466. The van der Waals surface area contributed by atoms with Crippen LogP contribution in [-0.4, -0.2) is 36.0 Å². The number of ether oxygens (including phenoxy) is 1. The first-order valence-corrected chi connectivity index (χ1v) is 6.84. The van der Waals surface area contributed by atoms with E-state index in [0.717, 1.165) is 30.7 Å². The molecule has 0 saturated carbocycles. The molecule has 0 bridgehead atoms. The molecule has 19 heavy (non-hydrogen) atoms. The van der Waals surface area contributed by atoms with Crippen LogP contribution in [0, 0.1) is 6.92 Å². The van der Waals surface area contributed by atoms with Gasteiger partial charge in [0.05, 0.1) is 0 Å². The van der Waals surface area contributed by atoms with E-state index in [1.54, 1.807) is 6.92 Å². The molecule has 0 aromatic heterocycles. The molecule has 0 aliphatic carbocycles. The molecule has 1 aliphatic heterocycles. The lowest BCUT2D eigenvalue weighted by molar-refractivity contribution is -0.139. The van der Waals surface area contributed by atoms with Crippen molar-refractivity contribution in [1.29, 1.82) is 0 Å². The van der Waals surface area contributed by atoms with Gasteiger partial charge < -0.3 is 15.4 Å². The maximum absolute atomic E-state index is 12.3. The first-order chi connectivity index (χ1) is 9.06. The second kappa shape index (κ2) is 6.06. The quantitative estimate of drug-likeness (QED) is 0.902. The molecule has 1 saturated heterocycles. The van der Waals surface area contributed by atoms with Crippen LogP contribution in [0.15, 0.2) is 24.3 Å². The summed E-state index contributed by atoms with van der Waals surface area (Å²) in [7, 11) is 0. The Bertz CT molecular complexity index is 448. The molecule has 1 aliphatic rings.